The number of ether oxygens (including phenoxy) is 2. The van der Waals surface area contributed by atoms with E-state index in [9.17, 15) is 30.6 Å². The zero-order valence-electron chi connectivity index (χ0n) is 80.0. The third-order valence-corrected chi connectivity index (χ3v) is 46.4. The fraction of sp³-hybridized carbons (Fsp3) is 0.911. The Kier molecular flexibility index (Phi) is 28.4. The molecule has 0 aliphatic heterocycles. The van der Waals surface area contributed by atoms with E-state index < -0.39 is 16.8 Å². The van der Waals surface area contributed by atoms with E-state index in [-0.39, 0.29) is 17.8 Å². The van der Waals surface area contributed by atoms with Gasteiger partial charge in [0.2, 0.25) is 0 Å². The summed E-state index contributed by atoms with van der Waals surface area (Å²) in [7, 11) is 3.45. The predicted octanol–water partition coefficient (Wildman–Crippen LogP) is 26.9. The Balaban J connectivity index is 0.000000113. The molecule has 8 nitrogen and oxygen atoms in total. The molecule has 10 heteroatoms. The monoisotopic (exact) mass is 1810 g/mol. The lowest BCUT2D eigenvalue weighted by atomic mass is 9.49. The van der Waals surface area contributed by atoms with Crippen molar-refractivity contribution in [2.75, 3.05) is 44.7 Å². The zero-order valence-corrected chi connectivity index (χ0v) is 83.1. The first-order chi connectivity index (χ1) is 57.8. The van der Waals surface area contributed by atoms with E-state index in [2.05, 4.69) is 134 Å². The van der Waals surface area contributed by atoms with Crippen LogP contribution >= 0.6 is 31.9 Å². The number of halogens is 2. The minimum absolute atomic E-state index is 0.168. The quantitative estimate of drug-likeness (QED) is 0.0839. The fourth-order valence-electron chi connectivity index (χ4n) is 39.9. The minimum atomic E-state index is -0.558. The van der Waals surface area contributed by atoms with Gasteiger partial charge in [-0.05, 0) is 534 Å². The summed E-state index contributed by atoms with van der Waals surface area (Å²) in [6.07, 6.45) is 58.0. The van der Waals surface area contributed by atoms with Crippen LogP contribution in [0.1, 0.15) is 358 Å². The lowest BCUT2D eigenvalue weighted by Gasteiger charge is -2.57. The smallest absolute Gasteiger partial charge is 0.0882 e. The number of aliphatic hydroxyl groups excluding tert-OH is 1. The molecule has 0 radical (unpaired) electrons. The maximum absolute atomic E-state index is 10.9. The highest BCUT2D eigenvalue weighted by Gasteiger charge is 2.65. The predicted molar refractivity (Wildman–Crippen MR) is 510 cm³/mol. The van der Waals surface area contributed by atoms with Gasteiger partial charge in [0.25, 0.3) is 0 Å². The molecule has 0 bridgehead atoms. The molecule has 6 N–H and O–H groups in total. The van der Waals surface area contributed by atoms with Crippen LogP contribution in [0.5, 0.6) is 0 Å². The number of hydrogen-bond donors (Lipinski definition) is 6. The summed E-state index contributed by atoms with van der Waals surface area (Å²) in [4.78, 5) is 0. The number of alkyl halides is 2. The summed E-state index contributed by atoms with van der Waals surface area (Å²) in [5.41, 5.74) is 7.00. The highest BCUT2D eigenvalue weighted by Crippen LogP contribution is 2.73. The van der Waals surface area contributed by atoms with Crippen LogP contribution in [0.2, 0.25) is 0 Å². The number of hydrogen-bond acceptors (Lipinski definition) is 8. The van der Waals surface area contributed by atoms with E-state index >= 15 is 0 Å². The standard InChI is InChI=1S/C23H37BrO2.C23H38O2.C22H35BrO.C22H36O2.C22H36O/c1-15(13-24)20-6-7-21-19-5-4-16-12-23(25,14-26-3)11-9-17(16)18(19)8-10-22(20,21)2;1-15(2)20-7-8-21-19-6-5-16-13-23(24,14-25-4)12-10-17(16)18(19)9-11-22(20,21)3;2*1-14(13-23)19-6-7-20-18-5-4-15-12-21(2,24)10-8-16(15)17(18)9-11-22(19,20)3;1-14(2)19-7-8-20-18-6-5-15-13-21(3,23)11-9-16(15)17(18)10-12-22(19,20)4/h16-21,25H,1,4-14H2,2-3H3;16-21,24H,1,5-14H2,2-4H3;15-20,24H,1,4-13H2,2-3H3;15-20,23-24H,1,4-13H2,2-3H3;15-20,23H,1,5-13H2,2-4H3/t2*16-,17-,18+,19+,20+,21-,22+,23+;3*15-,16-,17+,18+,19+,20-,21+,22+/m00000/s1. The van der Waals surface area contributed by atoms with Gasteiger partial charge in [0.1, 0.15) is 0 Å². The van der Waals surface area contributed by atoms with Gasteiger partial charge in [-0.25, -0.2) is 0 Å². The van der Waals surface area contributed by atoms with Crippen molar-refractivity contribution in [3.63, 3.8) is 0 Å². The lowest BCUT2D eigenvalue weighted by Crippen LogP contribution is -2.52. The number of methoxy groups -OCH3 is 2. The van der Waals surface area contributed by atoms with E-state index in [4.69, 9.17) is 9.47 Å². The van der Waals surface area contributed by atoms with Gasteiger partial charge in [0.15, 0.2) is 0 Å². The van der Waals surface area contributed by atoms with Crippen LogP contribution in [0, 0.1) is 205 Å². The largest absolute Gasteiger partial charge is 0.392 e. The summed E-state index contributed by atoms with van der Waals surface area (Å²) in [6, 6.07) is 0. The van der Waals surface area contributed by atoms with E-state index in [1.165, 1.54) is 247 Å². The first kappa shape index (κ1) is 94.5. The Hall–Kier alpha value is -0.660. The summed E-state index contributed by atoms with van der Waals surface area (Å²) in [6.45, 7) is 46.5. The van der Waals surface area contributed by atoms with Crippen LogP contribution in [-0.2, 0) is 9.47 Å². The van der Waals surface area contributed by atoms with Crippen molar-refractivity contribution in [2.24, 2.45) is 205 Å². The van der Waals surface area contributed by atoms with Crippen LogP contribution in [0.25, 0.3) is 0 Å². The van der Waals surface area contributed by atoms with E-state index in [1.807, 2.05) is 0 Å². The summed E-state index contributed by atoms with van der Waals surface area (Å²) < 4.78 is 10.6. The average molecular weight is 1820 g/mol. The van der Waals surface area contributed by atoms with Gasteiger partial charge in [-0.3, -0.25) is 0 Å². The van der Waals surface area contributed by atoms with Crippen molar-refractivity contribution in [1.29, 1.82) is 0 Å². The number of fused-ring (bicyclic) bond motifs is 25. The van der Waals surface area contributed by atoms with E-state index in [0.29, 0.717) is 46.2 Å². The molecule has 20 fully saturated rings. The lowest BCUT2D eigenvalue weighted by molar-refractivity contribution is -0.123. The van der Waals surface area contributed by atoms with Crippen LogP contribution in [-0.4, -0.2) is 103 Å². The van der Waals surface area contributed by atoms with Crippen LogP contribution in [0.3, 0.4) is 0 Å². The molecule has 122 heavy (non-hydrogen) atoms. The van der Waals surface area contributed by atoms with Gasteiger partial charge >= 0.3 is 0 Å². The minimum Gasteiger partial charge on any atom is -0.392 e. The van der Waals surface area contributed by atoms with Gasteiger partial charge < -0.3 is 40.1 Å². The highest BCUT2D eigenvalue weighted by molar-refractivity contribution is 9.09. The Labute approximate surface area is 762 Å². The number of aliphatic hydroxyl groups is 6. The summed E-state index contributed by atoms with van der Waals surface area (Å²) in [5.74, 6) is 25.7. The third-order valence-electron chi connectivity index (χ3n) is 45.0. The number of allylic oxidation sites excluding steroid dienone is 4. The summed E-state index contributed by atoms with van der Waals surface area (Å²) in [5, 5.41) is 64.8. The molecule has 20 aliphatic carbocycles. The maximum atomic E-state index is 10.9. The van der Waals surface area contributed by atoms with Crippen molar-refractivity contribution in [3.8, 4) is 0 Å². The molecule has 40 atom stereocenters. The second-order valence-electron chi connectivity index (χ2n) is 51.2. The van der Waals surface area contributed by atoms with Crippen molar-refractivity contribution >= 4 is 31.9 Å². The molecule has 0 spiro atoms. The van der Waals surface area contributed by atoms with Crippen LogP contribution in [0.15, 0.2) is 60.8 Å². The molecule has 20 rings (SSSR count). The van der Waals surface area contributed by atoms with Crippen molar-refractivity contribution in [1.82, 2.24) is 0 Å². The van der Waals surface area contributed by atoms with Crippen molar-refractivity contribution in [3.05, 3.63) is 60.8 Å². The van der Waals surface area contributed by atoms with Crippen LogP contribution in [0.4, 0.5) is 0 Å². The molecular formula is C112H182Br2O8. The van der Waals surface area contributed by atoms with Crippen molar-refractivity contribution < 1.29 is 40.1 Å². The molecule has 0 amide bonds. The normalized spacial score (nSPS) is 53.1. The van der Waals surface area contributed by atoms with Gasteiger partial charge in [-0.2, -0.15) is 0 Å². The van der Waals surface area contributed by atoms with Gasteiger partial charge in [-0.1, -0.05) is 122 Å². The SMILES string of the molecule is C=C(C)[C@H]1CC[C@H]2[C@@H]3CC[C@H]4C[C@@](O)(COC)CC[C@@H]4[C@H]3CC[C@]12C.C=C(C)[C@H]1CC[C@H]2[C@@H]3CC[C@H]4C[C@](C)(O)CC[C@@H]4[C@H]3CC[C@]12C.C=C(CBr)[C@H]1CC[C@H]2[C@@H]3CC[C@H]4C[C@@](O)(COC)CC[C@@H]4[C@H]3CC[C@]12C.C=C(CBr)[C@H]1CC[C@H]2[C@@H]3CC[C@H]4C[C@](C)(O)CC[C@@H]4[C@H]3CC[C@]12C.C=C(CO)[C@H]1CC[C@H]2[C@@H]3CC[C@H]4C[C@](C)(O)CC[C@@H]4[C@H]3CC[C@]12C. The topological polar surface area (TPSA) is 140 Å². The van der Waals surface area contributed by atoms with Gasteiger partial charge in [0.05, 0.1) is 47.8 Å². The number of rotatable bonds is 12. The highest BCUT2D eigenvalue weighted by atomic mass is 79.9. The Morgan fingerprint density at radius 1 is 0.270 bits per heavy atom. The Morgan fingerprint density at radius 3 is 0.730 bits per heavy atom. The molecule has 0 aromatic rings. The average Bonchev–Trinajstić information content (AvgIpc) is 1.53. The summed E-state index contributed by atoms with van der Waals surface area (Å²) >= 11 is 7.34. The van der Waals surface area contributed by atoms with Gasteiger partial charge in [-0.15, -0.1) is 0 Å². The van der Waals surface area contributed by atoms with E-state index in [1.54, 1.807) is 14.2 Å². The fourth-order valence-corrected chi connectivity index (χ4v) is 40.7. The maximum Gasteiger partial charge on any atom is 0.0882 e. The zero-order chi connectivity index (χ0) is 87.0. The molecule has 0 saturated heterocycles. The third kappa shape index (κ3) is 17.6. The molecule has 0 heterocycles. The van der Waals surface area contributed by atoms with Gasteiger partial charge in [0, 0.05) is 24.9 Å². The molecular weight excluding hydrogens is 1630 g/mol. The molecule has 692 valence electrons. The molecule has 0 unspecified atom stereocenters. The molecule has 20 aliphatic rings. The second-order valence-corrected chi connectivity index (χ2v) is 52.3. The molecule has 0 aromatic heterocycles. The molecule has 0 aromatic carbocycles. The molecule has 20 saturated carbocycles. The second kappa shape index (κ2) is 36.6. The van der Waals surface area contributed by atoms with Crippen LogP contribution < -0.4 is 0 Å². The first-order valence-corrected chi connectivity index (χ1v) is 54.7. The van der Waals surface area contributed by atoms with Crippen molar-refractivity contribution in [2.45, 2.75) is 386 Å². The first-order valence-electron chi connectivity index (χ1n) is 52.5. The van der Waals surface area contributed by atoms with E-state index in [0.717, 1.165) is 252 Å². The Bertz CT molecular complexity index is 3580. The Morgan fingerprint density at radius 2 is 0.492 bits per heavy atom.